The molecule has 34 heavy (non-hydrogen) atoms. The minimum absolute atomic E-state index is 0.0990. The predicted molar refractivity (Wildman–Crippen MR) is 138 cm³/mol. The van der Waals surface area contributed by atoms with Crippen molar-refractivity contribution in [1.82, 2.24) is 0 Å². The highest BCUT2D eigenvalue weighted by Gasteiger charge is 2.36. The first-order valence-corrected chi connectivity index (χ1v) is 12.0. The first kappa shape index (κ1) is 29.5. The van der Waals surface area contributed by atoms with Crippen LogP contribution in [0.4, 0.5) is 0 Å². The summed E-state index contributed by atoms with van der Waals surface area (Å²) in [5.74, 6) is -0.412. The van der Waals surface area contributed by atoms with Gasteiger partial charge in [-0.1, -0.05) is 28.9 Å². The summed E-state index contributed by atoms with van der Waals surface area (Å²) in [4.78, 5) is 23.7. The third-order valence-electron chi connectivity index (χ3n) is 5.34. The van der Waals surface area contributed by atoms with E-state index in [1.54, 1.807) is 19.9 Å². The van der Waals surface area contributed by atoms with Gasteiger partial charge in [-0.25, -0.2) is 4.79 Å². The molecule has 0 aromatic carbocycles. The van der Waals surface area contributed by atoms with Crippen LogP contribution in [0.1, 0.15) is 67.2 Å². The lowest BCUT2D eigenvalue weighted by atomic mass is 9.80. The van der Waals surface area contributed by atoms with Crippen LogP contribution in [-0.2, 0) is 23.8 Å². The molecule has 3 atom stereocenters. The van der Waals surface area contributed by atoms with Gasteiger partial charge in [-0.15, -0.1) is 13.2 Å². The number of rotatable bonds is 10. The van der Waals surface area contributed by atoms with E-state index in [0.29, 0.717) is 25.2 Å². The number of carbonyl (C=O) groups is 2. The number of fused-ring (bicyclic) bond motifs is 1. The molecule has 0 saturated carbocycles. The number of allylic oxidation sites excluding steroid dienone is 5. The van der Waals surface area contributed by atoms with Gasteiger partial charge >= 0.3 is 5.97 Å². The molecule has 5 heteroatoms. The molecule has 2 rings (SSSR count). The summed E-state index contributed by atoms with van der Waals surface area (Å²) in [6.45, 7) is 20.3. The zero-order valence-electron chi connectivity index (χ0n) is 21.8. The van der Waals surface area contributed by atoms with E-state index in [1.165, 1.54) is 17.2 Å². The highest BCUT2D eigenvalue weighted by atomic mass is 16.7. The van der Waals surface area contributed by atoms with Crippen molar-refractivity contribution in [3.8, 4) is 0 Å². The van der Waals surface area contributed by atoms with E-state index >= 15 is 0 Å². The zero-order valence-corrected chi connectivity index (χ0v) is 21.8. The molecule has 0 aromatic heterocycles. The van der Waals surface area contributed by atoms with Crippen LogP contribution >= 0.6 is 0 Å². The largest absolute Gasteiger partial charge is 0.463 e. The van der Waals surface area contributed by atoms with Crippen LogP contribution < -0.4 is 0 Å². The van der Waals surface area contributed by atoms with Crippen molar-refractivity contribution in [2.24, 2.45) is 5.92 Å². The second-order valence-corrected chi connectivity index (χ2v) is 9.16. The molecule has 0 aromatic rings. The fourth-order valence-corrected chi connectivity index (χ4v) is 3.43. The van der Waals surface area contributed by atoms with E-state index in [2.05, 4.69) is 40.0 Å². The van der Waals surface area contributed by atoms with Gasteiger partial charge in [-0.2, -0.15) is 0 Å². The summed E-state index contributed by atoms with van der Waals surface area (Å²) in [6, 6.07) is 0. The van der Waals surface area contributed by atoms with Gasteiger partial charge in [0.05, 0.1) is 19.3 Å². The van der Waals surface area contributed by atoms with Gasteiger partial charge < -0.3 is 14.2 Å². The lowest BCUT2D eigenvalue weighted by Crippen LogP contribution is -2.38. The molecular formula is C29H42O5. The molecule has 0 radical (unpaired) electrons. The normalized spacial score (nSPS) is 21.5. The van der Waals surface area contributed by atoms with E-state index in [1.807, 2.05) is 19.1 Å². The molecule has 188 valence electrons. The Morgan fingerprint density at radius 2 is 1.82 bits per heavy atom. The number of hydrogen-bond donors (Lipinski definition) is 0. The van der Waals surface area contributed by atoms with Crippen molar-refractivity contribution in [2.75, 3.05) is 13.2 Å². The van der Waals surface area contributed by atoms with Gasteiger partial charge in [-0.05, 0) is 84.1 Å². The minimum atomic E-state index is -0.514. The maximum Gasteiger partial charge on any atom is 0.330 e. The quantitative estimate of drug-likeness (QED) is 0.205. The Bertz CT molecular complexity index is 852. The SMILES string of the molecule is C=C(C)CCC=C(C)C.C=C(C)CCOC1C=C(/C=C/C(=O)OCC)C2CC(=O)C(C)=CC2O1. The molecule has 5 nitrogen and oxygen atoms in total. The Hall–Kier alpha value is -2.50. The Kier molecular flexibility index (Phi) is 13.4. The topological polar surface area (TPSA) is 61.8 Å². The number of hydrogen-bond acceptors (Lipinski definition) is 5. The highest BCUT2D eigenvalue weighted by molar-refractivity contribution is 5.96. The summed E-state index contributed by atoms with van der Waals surface area (Å²) < 4.78 is 16.7. The maximum absolute atomic E-state index is 12.1. The molecule has 1 heterocycles. The van der Waals surface area contributed by atoms with Gasteiger partial charge in [-0.3, -0.25) is 4.79 Å². The molecular weight excluding hydrogens is 428 g/mol. The van der Waals surface area contributed by atoms with Gasteiger partial charge in [0, 0.05) is 18.4 Å². The van der Waals surface area contributed by atoms with Crippen LogP contribution in [0.25, 0.3) is 0 Å². The van der Waals surface area contributed by atoms with Crippen LogP contribution in [0.5, 0.6) is 0 Å². The molecule has 1 aliphatic heterocycles. The second kappa shape index (κ2) is 15.4. The van der Waals surface area contributed by atoms with Crippen molar-refractivity contribution in [1.29, 1.82) is 0 Å². The number of ketones is 1. The Morgan fingerprint density at radius 1 is 1.15 bits per heavy atom. The smallest absolute Gasteiger partial charge is 0.330 e. The van der Waals surface area contributed by atoms with E-state index in [-0.39, 0.29) is 17.8 Å². The molecule has 0 amide bonds. The van der Waals surface area contributed by atoms with Crippen LogP contribution in [0, 0.1) is 5.92 Å². The Labute approximate surface area is 205 Å². The first-order valence-electron chi connectivity index (χ1n) is 12.0. The van der Waals surface area contributed by atoms with Crippen molar-refractivity contribution in [3.05, 3.63) is 71.4 Å². The lowest BCUT2D eigenvalue weighted by molar-refractivity contribution is -0.152. The third-order valence-corrected chi connectivity index (χ3v) is 5.34. The molecule has 0 bridgehead atoms. The molecule has 0 saturated heterocycles. The predicted octanol–water partition coefficient (Wildman–Crippen LogP) is 6.58. The van der Waals surface area contributed by atoms with Crippen LogP contribution in [-0.4, -0.2) is 37.4 Å². The molecule has 0 spiro atoms. The van der Waals surface area contributed by atoms with Crippen molar-refractivity contribution < 1.29 is 23.8 Å². The summed E-state index contributed by atoms with van der Waals surface area (Å²) >= 11 is 0. The number of ether oxygens (including phenoxy) is 3. The number of carbonyl (C=O) groups excluding carboxylic acids is 2. The van der Waals surface area contributed by atoms with Gasteiger partial charge in [0.15, 0.2) is 12.1 Å². The first-order chi connectivity index (χ1) is 16.0. The van der Waals surface area contributed by atoms with Crippen LogP contribution in [0.2, 0.25) is 0 Å². The minimum Gasteiger partial charge on any atom is -0.463 e. The van der Waals surface area contributed by atoms with E-state index in [4.69, 9.17) is 14.2 Å². The fourth-order valence-electron chi connectivity index (χ4n) is 3.43. The van der Waals surface area contributed by atoms with Crippen molar-refractivity contribution in [3.63, 3.8) is 0 Å². The number of Topliss-reactive ketones (excluding diaryl/α,β-unsaturated/α-hetero) is 1. The summed E-state index contributed by atoms with van der Waals surface area (Å²) in [7, 11) is 0. The molecule has 0 N–H and O–H groups in total. The van der Waals surface area contributed by atoms with E-state index in [9.17, 15) is 9.59 Å². The molecule has 0 fully saturated rings. The van der Waals surface area contributed by atoms with Crippen LogP contribution in [0.15, 0.2) is 71.4 Å². The average Bonchev–Trinajstić information content (AvgIpc) is 2.73. The van der Waals surface area contributed by atoms with E-state index < -0.39 is 12.3 Å². The van der Waals surface area contributed by atoms with Gasteiger partial charge in [0.1, 0.15) is 0 Å². The van der Waals surface area contributed by atoms with E-state index in [0.717, 1.165) is 30.4 Å². The summed E-state index contributed by atoms with van der Waals surface area (Å²) in [5.41, 5.74) is 5.28. The standard InChI is InChI=1S/C20H26O5.C9H16/c1-5-23-19(22)7-6-15-11-20(24-9-8-13(2)3)25-18-10-14(4)17(21)12-16(15)18;1-8(2)6-5-7-9(3)4/h6-7,10-11,16,18,20H,2,5,8-9,12H2,1,3-4H3;7H,1,5-6H2,2-4H3/b7-6+;. The maximum atomic E-state index is 12.1. The molecule has 2 aliphatic rings. The summed E-state index contributed by atoms with van der Waals surface area (Å²) in [6.07, 6.45) is 11.7. The second-order valence-electron chi connectivity index (χ2n) is 9.16. The monoisotopic (exact) mass is 470 g/mol. The van der Waals surface area contributed by atoms with Crippen LogP contribution in [0.3, 0.4) is 0 Å². The van der Waals surface area contributed by atoms with Gasteiger partial charge in [0.2, 0.25) is 0 Å². The third kappa shape index (κ3) is 11.6. The lowest BCUT2D eigenvalue weighted by Gasteiger charge is -2.36. The fraction of sp³-hybridized carbons (Fsp3) is 0.517. The number of esters is 1. The average molecular weight is 471 g/mol. The highest BCUT2D eigenvalue weighted by Crippen LogP contribution is 2.35. The zero-order chi connectivity index (χ0) is 25.7. The Morgan fingerprint density at radius 3 is 2.41 bits per heavy atom. The van der Waals surface area contributed by atoms with Gasteiger partial charge in [0.25, 0.3) is 0 Å². The van der Waals surface area contributed by atoms with Crippen molar-refractivity contribution >= 4 is 11.8 Å². The Balaban J connectivity index is 0.000000546. The summed E-state index contributed by atoms with van der Waals surface area (Å²) in [5, 5.41) is 0. The molecule has 1 aliphatic carbocycles. The molecule has 3 unspecified atom stereocenters. The van der Waals surface area contributed by atoms with Crippen molar-refractivity contribution in [2.45, 2.75) is 79.6 Å².